The average Bonchev–Trinajstić information content (AvgIpc) is 2.95. The molecule has 5 heteroatoms. The van der Waals surface area contributed by atoms with Crippen LogP contribution >= 0.6 is 11.3 Å². The van der Waals surface area contributed by atoms with E-state index in [1.807, 2.05) is 11.3 Å². The lowest BCUT2D eigenvalue weighted by Gasteiger charge is -2.27. The zero-order valence-electron chi connectivity index (χ0n) is 13.8. The molecule has 1 atom stereocenters. The van der Waals surface area contributed by atoms with E-state index in [4.69, 9.17) is 5.73 Å². The van der Waals surface area contributed by atoms with Crippen molar-refractivity contribution in [2.75, 3.05) is 5.32 Å². The van der Waals surface area contributed by atoms with Crippen LogP contribution in [0.2, 0.25) is 0 Å². The molecule has 0 spiro atoms. The fourth-order valence-electron chi connectivity index (χ4n) is 4.09. The first kappa shape index (κ1) is 15.3. The van der Waals surface area contributed by atoms with Gasteiger partial charge in [0.15, 0.2) is 0 Å². The highest BCUT2D eigenvalue weighted by Gasteiger charge is 2.25. The number of fused-ring (bicyclic) bond motifs is 3. The number of nitrogens with zero attached hydrogens (tertiary/aromatic N) is 2. The molecule has 2 aromatic rings. The van der Waals surface area contributed by atoms with Crippen molar-refractivity contribution in [1.29, 1.82) is 0 Å². The number of aryl methyl sites for hydroxylation is 1. The van der Waals surface area contributed by atoms with Crippen LogP contribution in [0.4, 0.5) is 5.82 Å². The third-order valence-electron chi connectivity index (χ3n) is 5.64. The molecule has 2 aromatic heterocycles. The lowest BCUT2D eigenvalue weighted by molar-refractivity contribution is 0.410. The maximum absolute atomic E-state index is 6.03. The molecule has 0 bridgehead atoms. The van der Waals surface area contributed by atoms with Crippen molar-refractivity contribution in [3.8, 4) is 0 Å². The number of hydrogen-bond donors (Lipinski definition) is 2. The fourth-order valence-corrected chi connectivity index (χ4v) is 5.39. The van der Waals surface area contributed by atoms with Crippen molar-refractivity contribution >= 4 is 27.4 Å². The maximum atomic E-state index is 6.03. The van der Waals surface area contributed by atoms with Crippen molar-refractivity contribution in [2.24, 2.45) is 11.7 Å². The van der Waals surface area contributed by atoms with Gasteiger partial charge in [-0.1, -0.05) is 13.3 Å². The zero-order valence-corrected chi connectivity index (χ0v) is 14.7. The SMILES string of the molecule is CCC1CCc2c(sc3ncnc(NC4CCC(N)CC4)c23)C1. The van der Waals surface area contributed by atoms with Gasteiger partial charge in [0.2, 0.25) is 0 Å². The van der Waals surface area contributed by atoms with E-state index >= 15 is 0 Å². The average molecular weight is 331 g/mol. The monoisotopic (exact) mass is 330 g/mol. The Kier molecular flexibility index (Phi) is 4.24. The highest BCUT2D eigenvalue weighted by molar-refractivity contribution is 7.19. The fraction of sp³-hybridized carbons (Fsp3) is 0.667. The van der Waals surface area contributed by atoms with Gasteiger partial charge in [-0.05, 0) is 56.4 Å². The van der Waals surface area contributed by atoms with Crippen LogP contribution in [0.5, 0.6) is 0 Å². The second kappa shape index (κ2) is 6.36. The summed E-state index contributed by atoms with van der Waals surface area (Å²) in [5.74, 6) is 1.91. The van der Waals surface area contributed by atoms with Gasteiger partial charge in [-0.3, -0.25) is 0 Å². The van der Waals surface area contributed by atoms with Crippen molar-refractivity contribution in [3.63, 3.8) is 0 Å². The molecule has 124 valence electrons. The van der Waals surface area contributed by atoms with E-state index < -0.39 is 0 Å². The maximum Gasteiger partial charge on any atom is 0.138 e. The second-order valence-electron chi connectivity index (χ2n) is 7.18. The summed E-state index contributed by atoms with van der Waals surface area (Å²) in [6, 6.07) is 0.897. The highest BCUT2D eigenvalue weighted by atomic mass is 32.1. The minimum absolute atomic E-state index is 0.387. The molecule has 3 N–H and O–H groups in total. The number of hydrogen-bond acceptors (Lipinski definition) is 5. The number of rotatable bonds is 3. The van der Waals surface area contributed by atoms with Crippen LogP contribution < -0.4 is 11.1 Å². The molecule has 0 saturated heterocycles. The number of nitrogens with two attached hydrogens (primary N) is 1. The van der Waals surface area contributed by atoms with Crippen LogP contribution in [-0.2, 0) is 12.8 Å². The Balaban J connectivity index is 1.64. The van der Waals surface area contributed by atoms with E-state index in [0.29, 0.717) is 12.1 Å². The number of thiophene rings is 1. The van der Waals surface area contributed by atoms with E-state index in [2.05, 4.69) is 22.2 Å². The molecule has 1 fully saturated rings. The van der Waals surface area contributed by atoms with Gasteiger partial charge < -0.3 is 11.1 Å². The molecular formula is C18H26N4S. The molecule has 0 aliphatic heterocycles. The van der Waals surface area contributed by atoms with Crippen LogP contribution in [0.3, 0.4) is 0 Å². The quantitative estimate of drug-likeness (QED) is 0.896. The molecule has 2 heterocycles. The molecule has 23 heavy (non-hydrogen) atoms. The Bertz CT molecular complexity index is 688. The first-order valence-electron chi connectivity index (χ1n) is 9.02. The Morgan fingerprint density at radius 3 is 2.83 bits per heavy atom. The number of aromatic nitrogens is 2. The van der Waals surface area contributed by atoms with Crippen molar-refractivity contribution < 1.29 is 0 Å². The highest BCUT2D eigenvalue weighted by Crippen LogP contribution is 2.40. The third-order valence-corrected chi connectivity index (χ3v) is 6.80. The van der Waals surface area contributed by atoms with E-state index in [0.717, 1.165) is 42.2 Å². The van der Waals surface area contributed by atoms with Gasteiger partial charge in [0, 0.05) is 17.0 Å². The zero-order chi connectivity index (χ0) is 15.8. The Morgan fingerprint density at radius 1 is 1.22 bits per heavy atom. The normalized spacial score (nSPS) is 27.8. The molecule has 2 aliphatic rings. The second-order valence-corrected chi connectivity index (χ2v) is 8.26. The molecule has 4 rings (SSSR count). The van der Waals surface area contributed by atoms with Crippen molar-refractivity contribution in [3.05, 3.63) is 16.8 Å². The third kappa shape index (κ3) is 2.96. The molecule has 2 aliphatic carbocycles. The lowest BCUT2D eigenvalue weighted by atomic mass is 9.86. The predicted molar refractivity (Wildman–Crippen MR) is 97.1 cm³/mol. The van der Waals surface area contributed by atoms with Crippen LogP contribution in [0.25, 0.3) is 10.2 Å². The summed E-state index contributed by atoms with van der Waals surface area (Å²) in [6.07, 6.45) is 11.3. The van der Waals surface area contributed by atoms with Crippen molar-refractivity contribution in [2.45, 2.75) is 70.4 Å². The minimum atomic E-state index is 0.387. The summed E-state index contributed by atoms with van der Waals surface area (Å²) >= 11 is 1.88. The van der Waals surface area contributed by atoms with E-state index in [1.54, 1.807) is 11.2 Å². The Labute approximate surface area is 141 Å². The predicted octanol–water partition coefficient (Wildman–Crippen LogP) is 3.89. The number of anilines is 1. The first-order valence-corrected chi connectivity index (χ1v) is 9.83. The summed E-state index contributed by atoms with van der Waals surface area (Å²) in [7, 11) is 0. The molecule has 1 unspecified atom stereocenters. The lowest BCUT2D eigenvalue weighted by Crippen LogP contribution is -2.33. The van der Waals surface area contributed by atoms with Crippen LogP contribution in [0, 0.1) is 5.92 Å². The summed E-state index contributed by atoms with van der Waals surface area (Å²) in [4.78, 5) is 11.9. The minimum Gasteiger partial charge on any atom is -0.367 e. The first-order chi connectivity index (χ1) is 11.2. The van der Waals surface area contributed by atoms with Crippen LogP contribution in [0.15, 0.2) is 6.33 Å². The van der Waals surface area contributed by atoms with Crippen LogP contribution in [-0.4, -0.2) is 22.1 Å². The van der Waals surface area contributed by atoms with Gasteiger partial charge in [-0.15, -0.1) is 11.3 Å². The molecule has 0 amide bonds. The molecule has 0 radical (unpaired) electrons. The largest absolute Gasteiger partial charge is 0.367 e. The molecule has 0 aromatic carbocycles. The Morgan fingerprint density at radius 2 is 2.04 bits per heavy atom. The van der Waals surface area contributed by atoms with E-state index in [9.17, 15) is 0 Å². The van der Waals surface area contributed by atoms with Gasteiger partial charge >= 0.3 is 0 Å². The van der Waals surface area contributed by atoms with Gasteiger partial charge in [-0.2, -0.15) is 0 Å². The summed E-state index contributed by atoms with van der Waals surface area (Å²) in [6.45, 7) is 2.31. The summed E-state index contributed by atoms with van der Waals surface area (Å²) in [5, 5.41) is 5.01. The molecular weight excluding hydrogens is 304 g/mol. The topological polar surface area (TPSA) is 63.8 Å². The van der Waals surface area contributed by atoms with Gasteiger partial charge in [0.05, 0.1) is 5.39 Å². The number of nitrogens with one attached hydrogen (secondary N) is 1. The van der Waals surface area contributed by atoms with Crippen molar-refractivity contribution in [1.82, 2.24) is 9.97 Å². The van der Waals surface area contributed by atoms with E-state index in [-0.39, 0.29) is 0 Å². The smallest absolute Gasteiger partial charge is 0.138 e. The van der Waals surface area contributed by atoms with Gasteiger partial charge in [0.1, 0.15) is 17.0 Å². The Hall–Kier alpha value is -1.20. The van der Waals surface area contributed by atoms with Crippen LogP contribution in [0.1, 0.15) is 55.9 Å². The summed E-state index contributed by atoms with van der Waals surface area (Å²) in [5.41, 5.74) is 7.55. The molecule has 1 saturated carbocycles. The summed E-state index contributed by atoms with van der Waals surface area (Å²) < 4.78 is 0. The molecule has 4 nitrogen and oxygen atoms in total. The van der Waals surface area contributed by atoms with Gasteiger partial charge in [0.25, 0.3) is 0 Å². The van der Waals surface area contributed by atoms with Gasteiger partial charge in [-0.25, -0.2) is 9.97 Å². The standard InChI is InChI=1S/C18H26N4S/c1-2-11-3-8-14-15(9-11)23-18-16(14)17(20-10-21-18)22-13-6-4-12(19)5-7-13/h10-13H,2-9,19H2,1H3,(H,20,21,22). The van der Waals surface area contributed by atoms with E-state index in [1.165, 1.54) is 36.6 Å².